The van der Waals surface area contributed by atoms with Crippen molar-refractivity contribution in [2.45, 2.75) is 0 Å². The highest BCUT2D eigenvalue weighted by molar-refractivity contribution is 5.77. The Labute approximate surface area is 66.9 Å². The predicted octanol–water partition coefficient (Wildman–Crippen LogP) is -0.151. The third-order valence-corrected chi connectivity index (χ3v) is 1.07. The summed E-state index contributed by atoms with van der Waals surface area (Å²) in [6, 6.07) is 0. The second-order valence-electron chi connectivity index (χ2n) is 2.24. The molecular formula is C7H14N4. The number of hydrogen-bond acceptors (Lipinski definition) is 4. The maximum atomic E-state index is 5.35. The number of nitrogens with zero attached hydrogens (tertiary/aromatic N) is 2. The van der Waals surface area contributed by atoms with Crippen molar-refractivity contribution in [1.82, 2.24) is 4.90 Å². The molecule has 0 saturated heterocycles. The number of allylic oxidation sites excluding steroid dienone is 1. The first-order valence-corrected chi connectivity index (χ1v) is 3.15. The van der Waals surface area contributed by atoms with E-state index < -0.39 is 0 Å². The molecule has 0 aromatic carbocycles. The van der Waals surface area contributed by atoms with E-state index >= 15 is 0 Å². The predicted molar refractivity (Wildman–Crippen MR) is 47.8 cm³/mol. The molecule has 0 fully saturated rings. The van der Waals surface area contributed by atoms with Crippen molar-refractivity contribution in [3.05, 3.63) is 24.3 Å². The van der Waals surface area contributed by atoms with E-state index in [4.69, 9.17) is 11.5 Å². The van der Waals surface area contributed by atoms with Crippen molar-refractivity contribution in [1.29, 1.82) is 0 Å². The van der Waals surface area contributed by atoms with E-state index in [0.29, 0.717) is 11.5 Å². The van der Waals surface area contributed by atoms with E-state index in [9.17, 15) is 0 Å². The van der Waals surface area contributed by atoms with Crippen LogP contribution in [0.1, 0.15) is 0 Å². The molecular weight excluding hydrogens is 140 g/mol. The minimum atomic E-state index is 0.424. The zero-order chi connectivity index (χ0) is 8.85. The van der Waals surface area contributed by atoms with Gasteiger partial charge in [-0.25, -0.2) is 4.99 Å². The van der Waals surface area contributed by atoms with Crippen LogP contribution in [-0.4, -0.2) is 25.2 Å². The van der Waals surface area contributed by atoms with Crippen LogP contribution in [0.3, 0.4) is 0 Å². The molecule has 0 aliphatic heterocycles. The van der Waals surface area contributed by atoms with E-state index in [1.54, 1.807) is 4.90 Å². The molecule has 0 saturated carbocycles. The monoisotopic (exact) mass is 154 g/mol. The third-order valence-electron chi connectivity index (χ3n) is 1.07. The van der Waals surface area contributed by atoms with Gasteiger partial charge in [-0.1, -0.05) is 6.58 Å². The third kappa shape index (κ3) is 4.02. The van der Waals surface area contributed by atoms with E-state index in [-0.39, 0.29) is 0 Å². The van der Waals surface area contributed by atoms with Crippen LogP contribution in [-0.2, 0) is 0 Å². The molecule has 0 spiro atoms. The van der Waals surface area contributed by atoms with E-state index in [1.807, 2.05) is 14.1 Å². The minimum absolute atomic E-state index is 0.424. The van der Waals surface area contributed by atoms with Gasteiger partial charge in [0.05, 0.1) is 11.9 Å². The van der Waals surface area contributed by atoms with Gasteiger partial charge in [-0.2, -0.15) is 0 Å². The summed E-state index contributed by atoms with van der Waals surface area (Å²) < 4.78 is 0. The summed E-state index contributed by atoms with van der Waals surface area (Å²) in [6.45, 7) is 3.66. The van der Waals surface area contributed by atoms with Crippen LogP contribution in [0.15, 0.2) is 29.3 Å². The molecule has 0 aromatic rings. The van der Waals surface area contributed by atoms with Crippen LogP contribution in [0.25, 0.3) is 0 Å². The summed E-state index contributed by atoms with van der Waals surface area (Å²) in [6.07, 6.45) is 2.74. The molecule has 0 rings (SSSR count). The molecule has 0 unspecified atom stereocenters. The van der Waals surface area contributed by atoms with Crippen LogP contribution in [0, 0.1) is 0 Å². The molecule has 0 aromatic heterocycles. The number of aliphatic imine (C=N–C) groups is 1. The van der Waals surface area contributed by atoms with Gasteiger partial charge in [0.1, 0.15) is 5.82 Å². The maximum Gasteiger partial charge on any atom is 0.120 e. The summed E-state index contributed by atoms with van der Waals surface area (Å²) in [5, 5.41) is 0. The Morgan fingerprint density at radius 2 is 2.09 bits per heavy atom. The lowest BCUT2D eigenvalue weighted by Gasteiger charge is -2.09. The lowest BCUT2D eigenvalue weighted by molar-refractivity contribution is 0.510. The van der Waals surface area contributed by atoms with Gasteiger partial charge < -0.3 is 16.4 Å². The highest BCUT2D eigenvalue weighted by Gasteiger charge is 1.89. The van der Waals surface area contributed by atoms with Gasteiger partial charge in [0.15, 0.2) is 0 Å². The van der Waals surface area contributed by atoms with Gasteiger partial charge in [0.2, 0.25) is 0 Å². The molecule has 4 N–H and O–H groups in total. The average molecular weight is 154 g/mol. The summed E-state index contributed by atoms with van der Waals surface area (Å²) in [4.78, 5) is 5.71. The van der Waals surface area contributed by atoms with Gasteiger partial charge in [0.25, 0.3) is 0 Å². The standard InChI is InChI=1S/C7H14N4/c1-6(11(2)3)10-5-7(9)4-8/h4-5H,1,8-9H2,2-3H3/b7-4+,10-5?. The van der Waals surface area contributed by atoms with E-state index in [1.165, 1.54) is 12.4 Å². The Kier molecular flexibility index (Phi) is 3.80. The molecule has 62 valence electrons. The van der Waals surface area contributed by atoms with Crippen molar-refractivity contribution in [2.75, 3.05) is 14.1 Å². The topological polar surface area (TPSA) is 67.6 Å². The molecule has 0 heterocycles. The minimum Gasteiger partial charge on any atom is -0.403 e. The van der Waals surface area contributed by atoms with E-state index in [2.05, 4.69) is 11.6 Å². The number of rotatable bonds is 3. The van der Waals surface area contributed by atoms with Crippen molar-refractivity contribution in [2.24, 2.45) is 16.5 Å². The Morgan fingerprint density at radius 3 is 2.45 bits per heavy atom. The Morgan fingerprint density at radius 1 is 1.55 bits per heavy atom. The largest absolute Gasteiger partial charge is 0.403 e. The molecule has 0 aliphatic rings. The molecule has 0 amide bonds. The van der Waals surface area contributed by atoms with Gasteiger partial charge in [-0.15, -0.1) is 0 Å². The first-order valence-electron chi connectivity index (χ1n) is 3.15. The van der Waals surface area contributed by atoms with Gasteiger partial charge in [0, 0.05) is 20.3 Å². The fraction of sp³-hybridized carbons (Fsp3) is 0.286. The van der Waals surface area contributed by atoms with Crippen LogP contribution in [0.5, 0.6) is 0 Å². The second-order valence-corrected chi connectivity index (χ2v) is 2.24. The first-order chi connectivity index (χ1) is 5.07. The molecule has 4 nitrogen and oxygen atoms in total. The molecule has 0 bridgehead atoms. The molecule has 0 radical (unpaired) electrons. The number of nitrogens with two attached hydrogens (primary N) is 2. The summed E-state index contributed by atoms with van der Waals surface area (Å²) >= 11 is 0. The average Bonchev–Trinajstić information content (AvgIpc) is 1.99. The first kappa shape index (κ1) is 9.55. The van der Waals surface area contributed by atoms with Crippen LogP contribution in [0.2, 0.25) is 0 Å². The van der Waals surface area contributed by atoms with Crippen molar-refractivity contribution in [3.63, 3.8) is 0 Å². The lowest BCUT2D eigenvalue weighted by atomic mass is 10.5. The summed E-state index contributed by atoms with van der Waals surface area (Å²) in [5.41, 5.74) is 10.9. The van der Waals surface area contributed by atoms with Crippen LogP contribution < -0.4 is 11.5 Å². The van der Waals surface area contributed by atoms with Crippen molar-refractivity contribution in [3.8, 4) is 0 Å². The maximum absolute atomic E-state index is 5.35. The van der Waals surface area contributed by atoms with Crippen LogP contribution >= 0.6 is 0 Å². The fourth-order valence-electron chi connectivity index (χ4n) is 0.308. The molecule has 11 heavy (non-hydrogen) atoms. The normalized spacial score (nSPS) is 12.0. The zero-order valence-corrected chi connectivity index (χ0v) is 6.91. The lowest BCUT2D eigenvalue weighted by Crippen LogP contribution is -2.09. The Balaban J connectivity index is 4.04. The molecule has 0 aliphatic carbocycles. The molecule has 0 atom stereocenters. The highest BCUT2D eigenvalue weighted by Crippen LogP contribution is 1.94. The van der Waals surface area contributed by atoms with Crippen molar-refractivity contribution < 1.29 is 0 Å². The molecule has 4 heteroatoms. The quantitative estimate of drug-likeness (QED) is 0.555. The number of hydrogen-bond donors (Lipinski definition) is 2. The SMILES string of the molecule is C=C(N=C/C(N)=C\N)N(C)C. The fourth-order valence-corrected chi connectivity index (χ4v) is 0.308. The summed E-state index contributed by atoms with van der Waals surface area (Å²) in [5.74, 6) is 0.634. The van der Waals surface area contributed by atoms with Gasteiger partial charge in [-0.3, -0.25) is 0 Å². The summed E-state index contributed by atoms with van der Waals surface area (Å²) in [7, 11) is 3.70. The van der Waals surface area contributed by atoms with Crippen molar-refractivity contribution >= 4 is 6.21 Å². The highest BCUT2D eigenvalue weighted by atomic mass is 15.2. The van der Waals surface area contributed by atoms with Crippen LogP contribution in [0.4, 0.5) is 0 Å². The second kappa shape index (κ2) is 4.38. The smallest absolute Gasteiger partial charge is 0.120 e. The Hall–Kier alpha value is -1.45. The van der Waals surface area contributed by atoms with Gasteiger partial charge in [-0.05, 0) is 0 Å². The zero-order valence-electron chi connectivity index (χ0n) is 6.91. The Bertz CT molecular complexity index is 191. The van der Waals surface area contributed by atoms with Gasteiger partial charge >= 0.3 is 0 Å². The van der Waals surface area contributed by atoms with E-state index in [0.717, 1.165) is 0 Å².